The summed E-state index contributed by atoms with van der Waals surface area (Å²) in [6, 6.07) is 1.58. The molecule has 2 aliphatic rings. The smallest absolute Gasteiger partial charge is 0.268 e. The Bertz CT molecular complexity index is 685. The molecular weight excluding hydrogens is 312 g/mol. The normalized spacial score (nSPS) is 19.6. The molecule has 0 atom stereocenters. The van der Waals surface area contributed by atoms with E-state index in [9.17, 15) is 13.2 Å². The van der Waals surface area contributed by atoms with Crippen LogP contribution in [0.4, 0.5) is 0 Å². The standard InChI is InChI=1S/C14H19ClN2O3S/c1-14(2,9-3-4-9)16-13(18)12-7-11(21(15,19)20)8-17(12)10-5-6-10/h7-10H,3-6H2,1-2H3,(H,16,18). The number of aromatic nitrogens is 1. The van der Waals surface area contributed by atoms with Crippen LogP contribution in [0.2, 0.25) is 0 Å². The van der Waals surface area contributed by atoms with Crippen molar-refractivity contribution >= 4 is 25.6 Å². The van der Waals surface area contributed by atoms with Crippen molar-refractivity contribution in [1.29, 1.82) is 0 Å². The molecule has 1 aromatic heterocycles. The molecule has 0 saturated heterocycles. The molecular formula is C14H19ClN2O3S. The van der Waals surface area contributed by atoms with Crippen LogP contribution in [0.3, 0.4) is 0 Å². The number of carbonyl (C=O) groups excluding carboxylic acids is 1. The maximum absolute atomic E-state index is 12.5. The number of hydrogen-bond donors (Lipinski definition) is 1. The van der Waals surface area contributed by atoms with Gasteiger partial charge in [-0.25, -0.2) is 8.42 Å². The van der Waals surface area contributed by atoms with Crippen LogP contribution in [0.25, 0.3) is 0 Å². The Morgan fingerprint density at radius 3 is 2.43 bits per heavy atom. The molecule has 116 valence electrons. The highest BCUT2D eigenvalue weighted by Crippen LogP contribution is 2.40. The van der Waals surface area contributed by atoms with Gasteiger partial charge in [-0.05, 0) is 51.5 Å². The van der Waals surface area contributed by atoms with E-state index < -0.39 is 9.05 Å². The molecule has 3 rings (SSSR count). The van der Waals surface area contributed by atoms with Gasteiger partial charge in [0.2, 0.25) is 0 Å². The zero-order valence-corrected chi connectivity index (χ0v) is 13.7. The summed E-state index contributed by atoms with van der Waals surface area (Å²) >= 11 is 0. The first kappa shape index (κ1) is 14.9. The molecule has 1 aromatic rings. The van der Waals surface area contributed by atoms with Gasteiger partial charge in [0.25, 0.3) is 15.0 Å². The monoisotopic (exact) mass is 330 g/mol. The van der Waals surface area contributed by atoms with Gasteiger partial charge in [-0.3, -0.25) is 4.79 Å². The van der Waals surface area contributed by atoms with Gasteiger partial charge in [0.1, 0.15) is 10.6 Å². The molecule has 1 amide bonds. The van der Waals surface area contributed by atoms with Crippen LogP contribution in [0.15, 0.2) is 17.2 Å². The van der Waals surface area contributed by atoms with Crippen molar-refractivity contribution in [1.82, 2.24) is 9.88 Å². The van der Waals surface area contributed by atoms with Crippen molar-refractivity contribution in [3.63, 3.8) is 0 Å². The van der Waals surface area contributed by atoms with E-state index >= 15 is 0 Å². The highest BCUT2D eigenvalue weighted by Gasteiger charge is 2.40. The van der Waals surface area contributed by atoms with Crippen molar-refractivity contribution in [2.45, 2.75) is 56.0 Å². The minimum atomic E-state index is -3.82. The lowest BCUT2D eigenvalue weighted by Crippen LogP contribution is -2.45. The first-order valence-corrected chi connectivity index (χ1v) is 9.48. The molecule has 0 spiro atoms. The van der Waals surface area contributed by atoms with Crippen LogP contribution < -0.4 is 5.32 Å². The molecule has 2 saturated carbocycles. The number of hydrogen-bond acceptors (Lipinski definition) is 3. The van der Waals surface area contributed by atoms with Crippen molar-refractivity contribution < 1.29 is 13.2 Å². The summed E-state index contributed by atoms with van der Waals surface area (Å²) in [5.41, 5.74) is 0.112. The number of carbonyl (C=O) groups is 1. The van der Waals surface area contributed by atoms with E-state index in [-0.39, 0.29) is 22.4 Å². The number of nitrogens with zero attached hydrogens (tertiary/aromatic N) is 1. The van der Waals surface area contributed by atoms with E-state index in [0.29, 0.717) is 11.6 Å². The fourth-order valence-electron chi connectivity index (χ4n) is 2.69. The molecule has 5 nitrogen and oxygen atoms in total. The van der Waals surface area contributed by atoms with Crippen molar-refractivity contribution in [3.8, 4) is 0 Å². The van der Waals surface area contributed by atoms with Crippen LogP contribution in [-0.4, -0.2) is 24.4 Å². The highest BCUT2D eigenvalue weighted by atomic mass is 35.7. The fraction of sp³-hybridized carbons (Fsp3) is 0.643. The first-order chi connectivity index (χ1) is 9.68. The average molecular weight is 331 g/mol. The summed E-state index contributed by atoms with van der Waals surface area (Å²) in [6.45, 7) is 4.01. The van der Waals surface area contributed by atoms with Gasteiger partial charge in [0, 0.05) is 28.5 Å². The summed E-state index contributed by atoms with van der Waals surface area (Å²) < 4.78 is 24.7. The Hall–Kier alpha value is -1.01. The Morgan fingerprint density at radius 1 is 1.33 bits per heavy atom. The minimum Gasteiger partial charge on any atom is -0.346 e. The second-order valence-electron chi connectivity index (χ2n) is 6.59. The van der Waals surface area contributed by atoms with Crippen molar-refractivity contribution in [3.05, 3.63) is 18.0 Å². The lowest BCUT2D eigenvalue weighted by atomic mass is 9.98. The van der Waals surface area contributed by atoms with E-state index in [2.05, 4.69) is 5.32 Å². The van der Waals surface area contributed by atoms with Gasteiger partial charge in [-0.15, -0.1) is 0 Å². The Balaban J connectivity index is 1.89. The Kier molecular flexibility index (Phi) is 3.37. The van der Waals surface area contributed by atoms with Gasteiger partial charge in [0.15, 0.2) is 0 Å². The maximum atomic E-state index is 12.5. The zero-order valence-electron chi connectivity index (χ0n) is 12.1. The molecule has 21 heavy (non-hydrogen) atoms. The summed E-state index contributed by atoms with van der Waals surface area (Å²) in [5, 5.41) is 3.02. The van der Waals surface area contributed by atoms with E-state index in [1.807, 2.05) is 13.8 Å². The van der Waals surface area contributed by atoms with Crippen LogP contribution >= 0.6 is 10.7 Å². The second kappa shape index (κ2) is 4.74. The van der Waals surface area contributed by atoms with Gasteiger partial charge in [-0.1, -0.05) is 0 Å². The molecule has 1 N–H and O–H groups in total. The molecule has 0 radical (unpaired) electrons. The largest absolute Gasteiger partial charge is 0.346 e. The predicted molar refractivity (Wildman–Crippen MR) is 80.0 cm³/mol. The maximum Gasteiger partial charge on any atom is 0.268 e. The molecule has 2 aliphatic carbocycles. The molecule has 7 heteroatoms. The van der Waals surface area contributed by atoms with E-state index in [0.717, 1.165) is 25.7 Å². The average Bonchev–Trinajstić information content (AvgIpc) is 3.23. The molecule has 0 bridgehead atoms. The zero-order chi connectivity index (χ0) is 15.4. The van der Waals surface area contributed by atoms with Gasteiger partial charge < -0.3 is 9.88 Å². The lowest BCUT2D eigenvalue weighted by molar-refractivity contribution is 0.0893. The third-order valence-corrected chi connectivity index (χ3v) is 5.63. The minimum absolute atomic E-state index is 0.00885. The van der Waals surface area contributed by atoms with Crippen LogP contribution in [0.5, 0.6) is 0 Å². The van der Waals surface area contributed by atoms with Crippen molar-refractivity contribution in [2.75, 3.05) is 0 Å². The number of nitrogens with one attached hydrogen (secondary N) is 1. The van der Waals surface area contributed by atoms with Crippen LogP contribution in [0.1, 0.15) is 56.1 Å². The third-order valence-electron chi connectivity index (χ3n) is 4.31. The highest BCUT2D eigenvalue weighted by molar-refractivity contribution is 8.13. The molecule has 1 heterocycles. The quantitative estimate of drug-likeness (QED) is 0.844. The van der Waals surface area contributed by atoms with Crippen LogP contribution in [-0.2, 0) is 9.05 Å². The van der Waals surface area contributed by atoms with Gasteiger partial charge in [0.05, 0.1) is 0 Å². The van der Waals surface area contributed by atoms with E-state index in [4.69, 9.17) is 10.7 Å². The summed E-state index contributed by atoms with van der Waals surface area (Å²) in [7, 11) is 1.57. The van der Waals surface area contributed by atoms with Gasteiger partial charge in [-0.2, -0.15) is 0 Å². The summed E-state index contributed by atoms with van der Waals surface area (Å²) in [5.74, 6) is 0.271. The third kappa shape index (κ3) is 3.11. The lowest BCUT2D eigenvalue weighted by Gasteiger charge is -2.26. The molecule has 0 unspecified atom stereocenters. The summed E-state index contributed by atoms with van der Waals surface area (Å²) in [4.78, 5) is 12.5. The number of halogens is 1. The topological polar surface area (TPSA) is 68.2 Å². The second-order valence-corrected chi connectivity index (χ2v) is 9.15. The van der Waals surface area contributed by atoms with Gasteiger partial charge >= 0.3 is 0 Å². The SMILES string of the molecule is CC(C)(NC(=O)c1cc(S(=O)(=O)Cl)cn1C1CC1)C1CC1. The summed E-state index contributed by atoms with van der Waals surface area (Å²) in [6.07, 6.45) is 5.64. The fourth-order valence-corrected chi connectivity index (χ4v) is 3.43. The van der Waals surface area contributed by atoms with Crippen LogP contribution in [0, 0.1) is 5.92 Å². The predicted octanol–water partition coefficient (Wildman–Crippen LogP) is 2.67. The molecule has 0 aliphatic heterocycles. The van der Waals surface area contributed by atoms with E-state index in [1.54, 1.807) is 4.57 Å². The number of rotatable bonds is 5. The molecule has 0 aromatic carbocycles. The number of amides is 1. The Labute approximate surface area is 129 Å². The van der Waals surface area contributed by atoms with E-state index in [1.165, 1.54) is 12.3 Å². The molecule has 2 fully saturated rings. The first-order valence-electron chi connectivity index (χ1n) is 7.17. The van der Waals surface area contributed by atoms with Crippen molar-refractivity contribution in [2.24, 2.45) is 5.92 Å². The Morgan fingerprint density at radius 2 is 1.95 bits per heavy atom.